The van der Waals surface area contributed by atoms with Crippen molar-refractivity contribution in [3.8, 4) is 11.5 Å². The first-order chi connectivity index (χ1) is 15.2. The quantitative estimate of drug-likeness (QED) is 0.503. The van der Waals surface area contributed by atoms with Crippen LogP contribution in [-0.4, -0.2) is 68.7 Å². The molecule has 164 valence electrons. The predicted octanol–water partition coefficient (Wildman–Crippen LogP) is 2.63. The minimum atomic E-state index is -0.00938. The molecule has 3 N–H and O–H groups in total. The van der Waals surface area contributed by atoms with E-state index in [1.165, 1.54) is 0 Å². The highest BCUT2D eigenvalue weighted by molar-refractivity contribution is 5.93. The van der Waals surface area contributed by atoms with Crippen LogP contribution in [0.4, 0.5) is 23.1 Å². The summed E-state index contributed by atoms with van der Waals surface area (Å²) in [6.45, 7) is 3.65. The summed E-state index contributed by atoms with van der Waals surface area (Å²) in [6, 6.07) is 11.8. The van der Waals surface area contributed by atoms with Crippen molar-refractivity contribution in [2.75, 3.05) is 69.2 Å². The normalized spacial score (nSPS) is 13.8. The number of anilines is 4. The molecule has 0 spiro atoms. The summed E-state index contributed by atoms with van der Waals surface area (Å²) in [7, 11) is 3.17. The van der Waals surface area contributed by atoms with Crippen LogP contribution in [0.1, 0.15) is 0 Å². The number of hydrogen-bond donors (Lipinski definition) is 3. The van der Waals surface area contributed by atoms with Gasteiger partial charge in [0.15, 0.2) is 11.5 Å². The zero-order valence-electron chi connectivity index (χ0n) is 17.7. The first kappa shape index (κ1) is 21.0. The molecule has 31 heavy (non-hydrogen) atoms. The number of benzene rings is 2. The number of morpholine rings is 1. The van der Waals surface area contributed by atoms with Crippen LogP contribution >= 0.6 is 0 Å². The molecule has 0 saturated carbocycles. The van der Waals surface area contributed by atoms with Gasteiger partial charge in [0.2, 0.25) is 5.95 Å². The van der Waals surface area contributed by atoms with Gasteiger partial charge in [-0.3, -0.25) is 0 Å². The summed E-state index contributed by atoms with van der Waals surface area (Å²) in [5, 5.41) is 16.4. The van der Waals surface area contributed by atoms with Crippen LogP contribution in [0.5, 0.6) is 11.5 Å². The summed E-state index contributed by atoms with van der Waals surface area (Å²) in [5.74, 6) is 2.22. The van der Waals surface area contributed by atoms with Crippen LogP contribution in [0, 0.1) is 0 Å². The van der Waals surface area contributed by atoms with Gasteiger partial charge in [-0.15, -0.1) is 0 Å². The largest absolute Gasteiger partial charge is 0.493 e. The molecule has 0 radical (unpaired) electrons. The van der Waals surface area contributed by atoms with Crippen molar-refractivity contribution in [1.29, 1.82) is 0 Å². The first-order valence-corrected chi connectivity index (χ1v) is 10.2. The fourth-order valence-corrected chi connectivity index (χ4v) is 3.53. The topological polar surface area (TPSA) is 101 Å². The van der Waals surface area contributed by atoms with Crippen molar-refractivity contribution in [1.82, 2.24) is 9.97 Å². The smallest absolute Gasteiger partial charge is 0.229 e. The molecule has 1 fully saturated rings. The molecular formula is C22H27N5O4. The average Bonchev–Trinajstić information content (AvgIpc) is 2.82. The molecule has 0 aliphatic carbocycles. The zero-order chi connectivity index (χ0) is 21.6. The van der Waals surface area contributed by atoms with E-state index in [9.17, 15) is 5.11 Å². The summed E-state index contributed by atoms with van der Waals surface area (Å²) in [5.41, 5.74) is 2.74. The van der Waals surface area contributed by atoms with Crippen LogP contribution in [0.2, 0.25) is 0 Å². The Morgan fingerprint density at radius 3 is 2.42 bits per heavy atom. The molecule has 1 aliphatic heterocycles. The molecule has 9 heteroatoms. The number of aromatic nitrogens is 2. The average molecular weight is 425 g/mol. The van der Waals surface area contributed by atoms with Gasteiger partial charge < -0.3 is 34.9 Å². The summed E-state index contributed by atoms with van der Waals surface area (Å²) >= 11 is 0. The van der Waals surface area contributed by atoms with E-state index in [1.807, 2.05) is 24.3 Å². The van der Waals surface area contributed by atoms with Crippen molar-refractivity contribution in [3.05, 3.63) is 36.4 Å². The van der Waals surface area contributed by atoms with Crippen LogP contribution in [0.15, 0.2) is 36.4 Å². The number of ether oxygens (including phenoxy) is 3. The second kappa shape index (κ2) is 9.67. The van der Waals surface area contributed by atoms with Crippen molar-refractivity contribution in [2.24, 2.45) is 0 Å². The monoisotopic (exact) mass is 425 g/mol. The lowest BCUT2D eigenvalue weighted by atomic mass is 10.2. The third kappa shape index (κ3) is 4.73. The molecule has 2 heterocycles. The van der Waals surface area contributed by atoms with E-state index in [4.69, 9.17) is 14.2 Å². The van der Waals surface area contributed by atoms with Gasteiger partial charge in [-0.05, 0) is 30.3 Å². The first-order valence-electron chi connectivity index (χ1n) is 10.2. The Morgan fingerprint density at radius 2 is 1.74 bits per heavy atom. The molecule has 4 rings (SSSR count). The molecule has 1 aliphatic rings. The number of rotatable bonds is 8. The van der Waals surface area contributed by atoms with Gasteiger partial charge in [-0.1, -0.05) is 0 Å². The van der Waals surface area contributed by atoms with Crippen LogP contribution < -0.4 is 25.0 Å². The predicted molar refractivity (Wildman–Crippen MR) is 121 cm³/mol. The second-order valence-corrected chi connectivity index (χ2v) is 7.04. The SMILES string of the molecule is COc1cc2nc(Nc3ccc(N4CCOCC4)cc3)nc(NCCO)c2cc1OC. The van der Waals surface area contributed by atoms with E-state index in [-0.39, 0.29) is 6.61 Å². The lowest BCUT2D eigenvalue weighted by Crippen LogP contribution is -2.36. The molecule has 9 nitrogen and oxygen atoms in total. The summed E-state index contributed by atoms with van der Waals surface area (Å²) < 4.78 is 16.2. The third-order valence-electron chi connectivity index (χ3n) is 5.10. The fourth-order valence-electron chi connectivity index (χ4n) is 3.53. The molecule has 2 aromatic carbocycles. The van der Waals surface area contributed by atoms with Crippen molar-refractivity contribution in [3.63, 3.8) is 0 Å². The van der Waals surface area contributed by atoms with Gasteiger partial charge in [-0.25, -0.2) is 4.98 Å². The van der Waals surface area contributed by atoms with Crippen LogP contribution in [-0.2, 0) is 4.74 Å². The Kier molecular flexibility index (Phi) is 6.54. The van der Waals surface area contributed by atoms with Crippen LogP contribution in [0.25, 0.3) is 10.9 Å². The molecule has 1 aromatic heterocycles. The van der Waals surface area contributed by atoms with Crippen molar-refractivity contribution < 1.29 is 19.3 Å². The molecule has 1 saturated heterocycles. The number of nitrogens with zero attached hydrogens (tertiary/aromatic N) is 3. The van der Waals surface area contributed by atoms with E-state index in [2.05, 4.69) is 37.6 Å². The number of aliphatic hydroxyl groups excluding tert-OH is 1. The maximum absolute atomic E-state index is 9.24. The van der Waals surface area contributed by atoms with E-state index >= 15 is 0 Å². The number of methoxy groups -OCH3 is 2. The summed E-state index contributed by atoms with van der Waals surface area (Å²) in [4.78, 5) is 11.6. The molecule has 3 aromatic rings. The second-order valence-electron chi connectivity index (χ2n) is 7.04. The van der Waals surface area contributed by atoms with Gasteiger partial charge >= 0.3 is 0 Å². The van der Waals surface area contributed by atoms with E-state index in [1.54, 1.807) is 14.2 Å². The highest BCUT2D eigenvalue weighted by atomic mass is 16.5. The van der Waals surface area contributed by atoms with Crippen molar-refractivity contribution in [2.45, 2.75) is 0 Å². The fraction of sp³-hybridized carbons (Fsp3) is 0.364. The number of fused-ring (bicyclic) bond motifs is 1. The van der Waals surface area contributed by atoms with Crippen molar-refractivity contribution >= 4 is 34.0 Å². The maximum atomic E-state index is 9.24. The van der Waals surface area contributed by atoms with Gasteiger partial charge in [0, 0.05) is 42.5 Å². The Balaban J connectivity index is 1.63. The number of hydrogen-bond acceptors (Lipinski definition) is 9. The molecule has 0 amide bonds. The standard InChI is InChI=1S/C22H27N5O4/c1-29-19-13-17-18(14-20(19)30-2)25-22(26-21(17)23-7-10-28)24-15-3-5-16(6-4-15)27-8-11-31-12-9-27/h3-6,13-14,28H,7-12H2,1-2H3,(H2,23,24,25,26). The van der Waals surface area contributed by atoms with Gasteiger partial charge in [0.25, 0.3) is 0 Å². The Bertz CT molecular complexity index is 1020. The summed E-state index contributed by atoms with van der Waals surface area (Å²) in [6.07, 6.45) is 0. The van der Waals surface area contributed by atoms with Gasteiger partial charge in [-0.2, -0.15) is 4.98 Å². The number of nitrogens with one attached hydrogen (secondary N) is 2. The Hall–Kier alpha value is -3.30. The number of aliphatic hydroxyl groups is 1. The van der Waals surface area contributed by atoms with Gasteiger partial charge in [0.1, 0.15) is 5.82 Å². The molecule has 0 atom stereocenters. The lowest BCUT2D eigenvalue weighted by Gasteiger charge is -2.28. The minimum Gasteiger partial charge on any atom is -0.493 e. The Labute approximate surface area is 181 Å². The lowest BCUT2D eigenvalue weighted by molar-refractivity contribution is 0.122. The zero-order valence-corrected chi connectivity index (χ0v) is 17.7. The molecule has 0 unspecified atom stereocenters. The van der Waals surface area contributed by atoms with E-state index in [0.717, 1.165) is 43.1 Å². The van der Waals surface area contributed by atoms with Gasteiger partial charge in [0.05, 0.1) is 39.6 Å². The van der Waals surface area contributed by atoms with Crippen LogP contribution in [0.3, 0.4) is 0 Å². The van der Waals surface area contributed by atoms with E-state index < -0.39 is 0 Å². The Morgan fingerprint density at radius 1 is 1.03 bits per heavy atom. The third-order valence-corrected chi connectivity index (χ3v) is 5.10. The maximum Gasteiger partial charge on any atom is 0.229 e. The minimum absolute atomic E-state index is 0.00938. The molecule has 0 bridgehead atoms. The van der Waals surface area contributed by atoms with E-state index in [0.29, 0.717) is 35.3 Å². The highest BCUT2D eigenvalue weighted by Gasteiger charge is 2.14. The molecular weight excluding hydrogens is 398 g/mol. The highest BCUT2D eigenvalue weighted by Crippen LogP contribution is 2.35.